The Bertz CT molecular complexity index is 1820. The topological polar surface area (TPSA) is 235 Å². The van der Waals surface area contributed by atoms with Crippen LogP contribution in [0.15, 0.2) is 73.6 Å². The van der Waals surface area contributed by atoms with Gasteiger partial charge in [0.05, 0.1) is 48.7 Å². The summed E-state index contributed by atoms with van der Waals surface area (Å²) in [6.07, 6.45) is 3.79. The summed E-state index contributed by atoms with van der Waals surface area (Å²) in [5, 5.41) is 17.5. The van der Waals surface area contributed by atoms with Gasteiger partial charge in [-0.1, -0.05) is 0 Å². The normalized spacial score (nSPS) is 10.3. The zero-order valence-corrected chi connectivity index (χ0v) is 25.2. The average molecular weight is 676 g/mol. The number of esters is 1. The van der Waals surface area contributed by atoms with E-state index in [4.69, 9.17) is 16.3 Å². The smallest absolute Gasteiger partial charge is 0.422 e. The largest absolute Gasteiger partial charge is 0.449 e. The van der Waals surface area contributed by atoms with Crippen LogP contribution in [0.2, 0.25) is 0 Å². The van der Waals surface area contributed by atoms with Crippen molar-refractivity contribution in [3.8, 4) is 12.1 Å². The van der Waals surface area contributed by atoms with Gasteiger partial charge in [0, 0.05) is 37.2 Å². The number of carbonyl (C=O) groups excluding carboxylic acids is 4. The third kappa shape index (κ3) is 12.4. The first-order chi connectivity index (χ1) is 23.4. The number of ether oxygens (including phenoxy) is 1. The number of nitrogens with zero attached hydrogens (tertiary/aromatic N) is 10. The van der Waals surface area contributed by atoms with Gasteiger partial charge in [-0.3, -0.25) is 24.4 Å². The Labute approximate surface area is 275 Å². The Kier molecular flexibility index (Phi) is 13.2. The molecule has 4 aromatic heterocycles. The molecule has 0 radical (unpaired) electrons. The number of pyridine rings is 2. The predicted octanol–water partition coefficient (Wildman–Crippen LogP) is 1.13. The van der Waals surface area contributed by atoms with Crippen molar-refractivity contribution in [3.63, 3.8) is 0 Å². The van der Waals surface area contributed by atoms with Gasteiger partial charge >= 0.3 is 29.9 Å². The van der Waals surface area contributed by atoms with Gasteiger partial charge in [-0.25, -0.2) is 24.7 Å². The third-order valence-corrected chi connectivity index (χ3v) is 5.84. The van der Waals surface area contributed by atoms with Crippen LogP contribution in [0.4, 0.5) is 13.2 Å². The lowest BCUT2D eigenvalue weighted by atomic mass is 10.2. The molecule has 4 aromatic rings. The number of nitriles is 2. The molecule has 16 nitrogen and oxygen atoms in total. The number of alkyl halides is 3. The molecule has 0 fully saturated rings. The molecule has 250 valence electrons. The summed E-state index contributed by atoms with van der Waals surface area (Å²) < 4.78 is 40.6. The first kappa shape index (κ1) is 36.6. The van der Waals surface area contributed by atoms with Crippen LogP contribution in [0.1, 0.15) is 34.2 Å². The lowest BCUT2D eigenvalue weighted by Crippen LogP contribution is -2.40. The predicted molar refractivity (Wildman–Crippen MR) is 157 cm³/mol. The van der Waals surface area contributed by atoms with E-state index >= 15 is 0 Å². The molecule has 0 saturated heterocycles. The summed E-state index contributed by atoms with van der Waals surface area (Å²) in [7, 11) is 0. The van der Waals surface area contributed by atoms with Crippen LogP contribution in [0, 0.1) is 22.7 Å². The van der Waals surface area contributed by atoms with Crippen LogP contribution in [-0.2, 0) is 50.1 Å². The Hall–Kier alpha value is -6.89. The molecule has 2 N–H and O–H groups in total. The van der Waals surface area contributed by atoms with Gasteiger partial charge in [0.2, 0.25) is 0 Å². The Morgan fingerprint density at radius 1 is 0.694 bits per heavy atom. The molecule has 0 spiro atoms. The molecule has 3 amide bonds. The van der Waals surface area contributed by atoms with Crippen molar-refractivity contribution < 1.29 is 37.1 Å². The standard InChI is InChI=1S/C16H12F3N5O3.C14H12N6O2/c17-16(18,19)10-27-15(26)14(25)24(9-13-21-4-1-5-22-13)8-12-3-2-11(6-20)7-23-12;15-6-10-2-3-11(19-7-10)8-20(14(22)13(16)21)9-12-17-4-1-5-18-12/h1-5,7H,8-10H2;1-5,7H,8-9H2,(H2,16,21). The zero-order valence-electron chi connectivity index (χ0n) is 25.2. The molecule has 0 atom stereocenters. The zero-order chi connectivity index (χ0) is 35.8. The van der Waals surface area contributed by atoms with Gasteiger partial charge in [-0.15, -0.1) is 0 Å². The van der Waals surface area contributed by atoms with E-state index in [1.165, 1.54) is 60.3 Å². The summed E-state index contributed by atoms with van der Waals surface area (Å²) in [5.41, 5.74) is 6.57. The molecule has 0 aliphatic heterocycles. The van der Waals surface area contributed by atoms with Crippen LogP contribution in [0.5, 0.6) is 0 Å². The van der Waals surface area contributed by atoms with Gasteiger partial charge in [0.15, 0.2) is 6.61 Å². The molecule has 19 heteroatoms. The van der Waals surface area contributed by atoms with Crippen LogP contribution < -0.4 is 5.73 Å². The van der Waals surface area contributed by atoms with E-state index in [2.05, 4.69) is 34.6 Å². The van der Waals surface area contributed by atoms with Crippen LogP contribution in [0.25, 0.3) is 0 Å². The highest BCUT2D eigenvalue weighted by molar-refractivity contribution is 6.34. The van der Waals surface area contributed by atoms with Crippen molar-refractivity contribution in [3.05, 3.63) is 108 Å². The summed E-state index contributed by atoms with van der Waals surface area (Å²) in [4.78, 5) is 73.0. The Morgan fingerprint density at radius 3 is 1.47 bits per heavy atom. The maximum Gasteiger partial charge on any atom is 0.422 e. The molecule has 0 aliphatic carbocycles. The number of primary amides is 1. The second-order valence-corrected chi connectivity index (χ2v) is 9.51. The van der Waals surface area contributed by atoms with Crippen LogP contribution in [0.3, 0.4) is 0 Å². The van der Waals surface area contributed by atoms with E-state index in [1.54, 1.807) is 18.2 Å². The molecular formula is C30H24F3N11O5. The fourth-order valence-electron chi connectivity index (χ4n) is 3.62. The molecule has 4 rings (SSSR count). The number of rotatable bonds is 9. The average Bonchev–Trinajstić information content (AvgIpc) is 3.11. The second-order valence-electron chi connectivity index (χ2n) is 9.51. The van der Waals surface area contributed by atoms with E-state index in [0.717, 1.165) is 4.90 Å². The summed E-state index contributed by atoms with van der Waals surface area (Å²) >= 11 is 0. The first-order valence-electron chi connectivity index (χ1n) is 13.7. The maximum atomic E-state index is 12.2. The number of nitrogens with two attached hydrogens (primary N) is 1. The highest BCUT2D eigenvalue weighted by Gasteiger charge is 2.33. The number of halogens is 3. The van der Waals surface area contributed by atoms with Crippen molar-refractivity contribution in [1.82, 2.24) is 39.7 Å². The minimum Gasteiger partial charge on any atom is -0.449 e. The summed E-state index contributed by atoms with van der Waals surface area (Å²) in [5.74, 6) is -4.31. The van der Waals surface area contributed by atoms with Gasteiger partial charge < -0.3 is 20.3 Å². The van der Waals surface area contributed by atoms with E-state index in [-0.39, 0.29) is 37.6 Å². The minimum absolute atomic E-state index is 0.0320. The molecule has 0 unspecified atom stereocenters. The second kappa shape index (κ2) is 17.7. The molecule has 0 aliphatic rings. The quantitative estimate of drug-likeness (QED) is 0.194. The molecular weight excluding hydrogens is 651 g/mol. The number of hydrogen-bond donors (Lipinski definition) is 1. The number of amides is 3. The molecule has 0 bridgehead atoms. The van der Waals surface area contributed by atoms with Crippen molar-refractivity contribution >= 4 is 23.7 Å². The molecule has 0 aromatic carbocycles. The van der Waals surface area contributed by atoms with Gasteiger partial charge in [-0.2, -0.15) is 23.7 Å². The molecule has 0 saturated carbocycles. The van der Waals surface area contributed by atoms with E-state index in [9.17, 15) is 32.3 Å². The fourth-order valence-corrected chi connectivity index (χ4v) is 3.62. The van der Waals surface area contributed by atoms with E-state index in [1.807, 2.05) is 12.1 Å². The molecule has 4 heterocycles. The highest BCUT2D eigenvalue weighted by Crippen LogP contribution is 2.15. The summed E-state index contributed by atoms with van der Waals surface area (Å²) in [6.45, 7) is -2.25. The number of hydrogen-bond acceptors (Lipinski definition) is 13. The van der Waals surface area contributed by atoms with Crippen molar-refractivity contribution in [2.24, 2.45) is 5.73 Å². The van der Waals surface area contributed by atoms with E-state index < -0.39 is 36.5 Å². The SMILES string of the molecule is N#Cc1ccc(CN(Cc2ncccn2)C(=O)C(=O)OCC(F)(F)F)nc1.N#Cc1ccc(CN(Cc2ncccn2)C(=O)C(N)=O)nc1. The monoisotopic (exact) mass is 675 g/mol. The fraction of sp³-hybridized carbons (Fsp3) is 0.200. The number of carbonyl (C=O) groups is 4. The van der Waals surface area contributed by atoms with Crippen LogP contribution >= 0.6 is 0 Å². The van der Waals surface area contributed by atoms with E-state index in [0.29, 0.717) is 22.8 Å². The third-order valence-electron chi connectivity index (χ3n) is 5.84. The molecule has 49 heavy (non-hydrogen) atoms. The maximum absolute atomic E-state index is 12.2. The van der Waals surface area contributed by atoms with Gasteiger partial charge in [0.1, 0.15) is 23.8 Å². The van der Waals surface area contributed by atoms with Crippen molar-refractivity contribution in [2.45, 2.75) is 32.4 Å². The Balaban J connectivity index is 0.000000271. The van der Waals surface area contributed by atoms with Gasteiger partial charge in [0.25, 0.3) is 0 Å². The lowest BCUT2D eigenvalue weighted by molar-refractivity contribution is -0.189. The highest BCUT2D eigenvalue weighted by atomic mass is 19.4. The first-order valence-corrected chi connectivity index (χ1v) is 13.7. The van der Waals surface area contributed by atoms with Crippen LogP contribution in [-0.4, -0.2) is 76.2 Å². The summed E-state index contributed by atoms with van der Waals surface area (Å²) in [6, 6.07) is 13.1. The van der Waals surface area contributed by atoms with Crippen molar-refractivity contribution in [1.29, 1.82) is 10.5 Å². The number of aromatic nitrogens is 6. The minimum atomic E-state index is -4.75. The Morgan fingerprint density at radius 2 is 1.12 bits per heavy atom. The van der Waals surface area contributed by atoms with Crippen molar-refractivity contribution in [2.75, 3.05) is 6.61 Å². The lowest BCUT2D eigenvalue weighted by Gasteiger charge is -2.20. The van der Waals surface area contributed by atoms with Gasteiger partial charge in [-0.05, 0) is 36.4 Å².